The zero-order valence-electron chi connectivity index (χ0n) is 8.93. The van der Waals surface area contributed by atoms with Crippen molar-refractivity contribution in [1.82, 2.24) is 5.32 Å². The van der Waals surface area contributed by atoms with Crippen LogP contribution in [0.4, 0.5) is 0 Å². The van der Waals surface area contributed by atoms with E-state index < -0.39 is 20.0 Å². The van der Waals surface area contributed by atoms with Crippen molar-refractivity contribution in [2.45, 2.75) is 19.6 Å². The third kappa shape index (κ3) is 7.37. The van der Waals surface area contributed by atoms with Crippen LogP contribution < -0.4 is 5.32 Å². The van der Waals surface area contributed by atoms with Crippen molar-refractivity contribution in [1.29, 1.82) is 0 Å². The molecule has 1 N–H and O–H groups in total. The summed E-state index contributed by atoms with van der Waals surface area (Å²) in [5, 5.41) is 2.34. The van der Waals surface area contributed by atoms with E-state index in [9.17, 15) is 9.59 Å². The van der Waals surface area contributed by atoms with E-state index in [2.05, 4.69) is 21.5 Å². The Morgan fingerprint density at radius 1 is 1.36 bits per heavy atom. The summed E-state index contributed by atoms with van der Waals surface area (Å²) in [6.07, 6.45) is 0. The van der Waals surface area contributed by atoms with Gasteiger partial charge >= 0.3 is 5.97 Å². The molecule has 0 atom stereocenters. The summed E-state index contributed by atoms with van der Waals surface area (Å²) >= 11 is 0. The summed E-state index contributed by atoms with van der Waals surface area (Å²) in [4.78, 5) is 21.7. The van der Waals surface area contributed by atoms with Gasteiger partial charge in [-0.05, 0) is 5.92 Å². The van der Waals surface area contributed by atoms with Crippen molar-refractivity contribution in [3.8, 4) is 11.5 Å². The highest BCUT2D eigenvalue weighted by Gasteiger charge is 2.08. The zero-order chi connectivity index (χ0) is 11.2. The lowest BCUT2D eigenvalue weighted by atomic mass is 10.5. The van der Waals surface area contributed by atoms with E-state index in [1.807, 2.05) is 19.6 Å². The Morgan fingerprint density at radius 2 is 1.93 bits per heavy atom. The Balaban J connectivity index is 3.98. The number of carbonyl (C=O) groups excluding carboxylic acids is 2. The molecule has 14 heavy (non-hydrogen) atoms. The van der Waals surface area contributed by atoms with E-state index in [0.717, 1.165) is 0 Å². The van der Waals surface area contributed by atoms with Gasteiger partial charge in [0.1, 0.15) is 14.6 Å². The maximum Gasteiger partial charge on any atom is 0.325 e. The van der Waals surface area contributed by atoms with E-state index in [4.69, 9.17) is 0 Å². The van der Waals surface area contributed by atoms with Gasteiger partial charge in [0.25, 0.3) is 5.91 Å². The number of nitrogens with one attached hydrogen (secondary N) is 1. The molecule has 0 aromatic rings. The Labute approximate surface area is 85.0 Å². The maximum atomic E-state index is 11.0. The smallest absolute Gasteiger partial charge is 0.325 e. The molecule has 1 amide bonds. The van der Waals surface area contributed by atoms with Gasteiger partial charge in [-0.2, -0.15) is 0 Å². The fourth-order valence-electron chi connectivity index (χ4n) is 0.513. The van der Waals surface area contributed by atoms with Gasteiger partial charge in [0.15, 0.2) is 0 Å². The molecule has 0 heterocycles. The van der Waals surface area contributed by atoms with Crippen molar-refractivity contribution in [2.24, 2.45) is 0 Å². The molecule has 0 radical (unpaired) electrons. The molecule has 0 aromatic heterocycles. The lowest BCUT2D eigenvalue weighted by Crippen LogP contribution is -2.29. The van der Waals surface area contributed by atoms with Gasteiger partial charge < -0.3 is 10.1 Å². The Hall–Kier alpha value is -1.28. The fourth-order valence-corrected chi connectivity index (χ4v) is 1.00. The Kier molecular flexibility index (Phi) is 4.95. The monoisotopic (exact) mass is 213 g/mol. The molecule has 0 aliphatic heterocycles. The number of ether oxygens (including phenoxy) is 1. The second-order valence-corrected chi connectivity index (χ2v) is 8.51. The highest BCUT2D eigenvalue weighted by molar-refractivity contribution is 6.84. The first-order chi connectivity index (χ1) is 6.35. The highest BCUT2D eigenvalue weighted by Crippen LogP contribution is 1.95. The Morgan fingerprint density at radius 3 is 2.36 bits per heavy atom. The lowest BCUT2D eigenvalue weighted by Gasteiger charge is -2.03. The quantitative estimate of drug-likeness (QED) is 0.404. The van der Waals surface area contributed by atoms with Gasteiger partial charge in [0.05, 0.1) is 7.11 Å². The zero-order valence-corrected chi connectivity index (χ0v) is 9.93. The van der Waals surface area contributed by atoms with Gasteiger partial charge in [-0.3, -0.25) is 9.59 Å². The number of hydrogen-bond donors (Lipinski definition) is 1. The first-order valence-electron chi connectivity index (χ1n) is 4.23. The van der Waals surface area contributed by atoms with E-state index >= 15 is 0 Å². The number of esters is 1. The van der Waals surface area contributed by atoms with Crippen LogP contribution in [0, 0.1) is 11.5 Å². The second kappa shape index (κ2) is 5.45. The second-order valence-electron chi connectivity index (χ2n) is 3.76. The average Bonchev–Trinajstić information content (AvgIpc) is 2.09. The summed E-state index contributed by atoms with van der Waals surface area (Å²) in [7, 11) is -0.257. The van der Waals surface area contributed by atoms with Crippen LogP contribution in [0.2, 0.25) is 19.6 Å². The largest absolute Gasteiger partial charge is 0.468 e. The number of carbonyl (C=O) groups is 2. The topological polar surface area (TPSA) is 55.4 Å². The number of amides is 1. The molecule has 0 fully saturated rings. The van der Waals surface area contributed by atoms with Crippen molar-refractivity contribution in [3.05, 3.63) is 0 Å². The molecule has 5 heteroatoms. The summed E-state index contributed by atoms with van der Waals surface area (Å²) in [5.41, 5.74) is 2.89. The molecule has 0 spiro atoms. The average molecular weight is 213 g/mol. The summed E-state index contributed by atoms with van der Waals surface area (Å²) in [5.74, 6) is 1.54. The molecule has 0 unspecified atom stereocenters. The highest BCUT2D eigenvalue weighted by atomic mass is 28.3. The molecule has 0 saturated heterocycles. The van der Waals surface area contributed by atoms with Crippen LogP contribution in [0.15, 0.2) is 0 Å². The van der Waals surface area contributed by atoms with E-state index in [1.165, 1.54) is 7.11 Å². The van der Waals surface area contributed by atoms with Crippen LogP contribution in [-0.4, -0.2) is 33.6 Å². The van der Waals surface area contributed by atoms with Crippen LogP contribution in [0.1, 0.15) is 0 Å². The molecule has 0 rings (SSSR count). The van der Waals surface area contributed by atoms with Crippen molar-refractivity contribution >= 4 is 20.0 Å². The van der Waals surface area contributed by atoms with Crippen LogP contribution >= 0.6 is 0 Å². The first-order valence-corrected chi connectivity index (χ1v) is 7.73. The maximum absolute atomic E-state index is 11.0. The predicted octanol–water partition coefficient (Wildman–Crippen LogP) is 0.156. The van der Waals surface area contributed by atoms with Gasteiger partial charge in [0.2, 0.25) is 0 Å². The van der Waals surface area contributed by atoms with Crippen LogP contribution in [0.3, 0.4) is 0 Å². The first kappa shape index (κ1) is 12.7. The predicted molar refractivity (Wildman–Crippen MR) is 56.1 cm³/mol. The lowest BCUT2D eigenvalue weighted by molar-refractivity contribution is -0.140. The number of methoxy groups -OCH3 is 1. The SMILES string of the molecule is COC(=O)CNC(=O)C#C[Si](C)(C)C. The normalized spacial score (nSPS) is 9.71. The molecular formula is C9H15NO3Si. The number of hydrogen-bond acceptors (Lipinski definition) is 3. The standard InChI is InChI=1S/C9H15NO3Si/c1-13-9(12)7-10-8(11)5-6-14(2,3)4/h7H2,1-4H3,(H,10,11). The Bertz CT molecular complexity index is 283. The van der Waals surface area contributed by atoms with E-state index in [0.29, 0.717) is 0 Å². The van der Waals surface area contributed by atoms with E-state index in [1.54, 1.807) is 0 Å². The van der Waals surface area contributed by atoms with Gasteiger partial charge in [-0.15, -0.1) is 5.54 Å². The van der Waals surface area contributed by atoms with Crippen LogP contribution in [0.25, 0.3) is 0 Å². The third-order valence-corrected chi connectivity index (χ3v) is 2.05. The van der Waals surface area contributed by atoms with Crippen LogP contribution in [-0.2, 0) is 14.3 Å². The summed E-state index contributed by atoms with van der Waals surface area (Å²) in [6.45, 7) is 5.98. The minimum Gasteiger partial charge on any atom is -0.468 e. The molecule has 0 aliphatic carbocycles. The van der Waals surface area contributed by atoms with Gasteiger partial charge in [0, 0.05) is 0 Å². The molecular weight excluding hydrogens is 198 g/mol. The van der Waals surface area contributed by atoms with Gasteiger partial charge in [-0.1, -0.05) is 19.6 Å². The molecule has 78 valence electrons. The van der Waals surface area contributed by atoms with Gasteiger partial charge in [-0.25, -0.2) is 0 Å². The molecule has 0 aromatic carbocycles. The molecule has 0 bridgehead atoms. The van der Waals surface area contributed by atoms with Crippen molar-refractivity contribution < 1.29 is 14.3 Å². The molecule has 0 aliphatic rings. The van der Waals surface area contributed by atoms with Crippen molar-refractivity contribution in [3.63, 3.8) is 0 Å². The van der Waals surface area contributed by atoms with Crippen LogP contribution in [0.5, 0.6) is 0 Å². The summed E-state index contributed by atoms with van der Waals surface area (Å²) < 4.78 is 4.35. The minimum atomic E-state index is -1.52. The minimum absolute atomic E-state index is 0.129. The molecule has 0 saturated carbocycles. The molecule has 4 nitrogen and oxygen atoms in total. The number of rotatable bonds is 2. The van der Waals surface area contributed by atoms with Crippen molar-refractivity contribution in [2.75, 3.05) is 13.7 Å². The fraction of sp³-hybridized carbons (Fsp3) is 0.556. The summed E-state index contributed by atoms with van der Waals surface area (Å²) in [6, 6.07) is 0. The third-order valence-electron chi connectivity index (χ3n) is 1.17. The van der Waals surface area contributed by atoms with E-state index in [-0.39, 0.29) is 6.54 Å².